The fourth-order valence-electron chi connectivity index (χ4n) is 2.01. The molecule has 5 nitrogen and oxygen atoms in total. The van der Waals surface area contributed by atoms with E-state index in [1.807, 2.05) is 6.20 Å². The summed E-state index contributed by atoms with van der Waals surface area (Å²) >= 11 is 0. The molecule has 0 unspecified atom stereocenters. The first kappa shape index (κ1) is 12.1. The van der Waals surface area contributed by atoms with Gasteiger partial charge in [0.05, 0.1) is 0 Å². The summed E-state index contributed by atoms with van der Waals surface area (Å²) in [5, 5.41) is 2.98. The minimum Gasteiger partial charge on any atom is -0.381 e. The molecule has 2 heterocycles. The zero-order valence-electron chi connectivity index (χ0n) is 9.95. The van der Waals surface area contributed by atoms with Crippen LogP contribution in [0.1, 0.15) is 25.1 Å². The number of imidazole rings is 1. The number of aromatic amines is 1. The Hall–Kier alpha value is -1.36. The second-order valence-corrected chi connectivity index (χ2v) is 4.32. The maximum absolute atomic E-state index is 11.8. The SMILES string of the molecule is O=C(NCCCc1ncc[nH]1)C1CCOCC1. The number of aromatic nitrogens is 2. The Morgan fingerprint density at radius 1 is 1.53 bits per heavy atom. The molecular weight excluding hydrogens is 218 g/mol. The number of H-pyrrole nitrogens is 1. The number of hydrogen-bond acceptors (Lipinski definition) is 3. The molecule has 0 saturated carbocycles. The Morgan fingerprint density at radius 2 is 2.35 bits per heavy atom. The van der Waals surface area contributed by atoms with Gasteiger partial charge in [-0.25, -0.2) is 4.98 Å². The van der Waals surface area contributed by atoms with Gasteiger partial charge in [-0.05, 0) is 19.3 Å². The van der Waals surface area contributed by atoms with Gasteiger partial charge in [0.2, 0.25) is 5.91 Å². The van der Waals surface area contributed by atoms with Gasteiger partial charge < -0.3 is 15.0 Å². The molecule has 17 heavy (non-hydrogen) atoms. The van der Waals surface area contributed by atoms with E-state index in [4.69, 9.17) is 4.74 Å². The van der Waals surface area contributed by atoms with Crippen LogP contribution in [0.25, 0.3) is 0 Å². The fourth-order valence-corrected chi connectivity index (χ4v) is 2.01. The molecule has 0 aromatic carbocycles. The van der Waals surface area contributed by atoms with Crippen LogP contribution in [0.3, 0.4) is 0 Å². The van der Waals surface area contributed by atoms with Gasteiger partial charge in [-0.1, -0.05) is 0 Å². The lowest BCUT2D eigenvalue weighted by atomic mass is 9.99. The van der Waals surface area contributed by atoms with Crippen molar-refractivity contribution in [1.29, 1.82) is 0 Å². The summed E-state index contributed by atoms with van der Waals surface area (Å²) in [6.07, 6.45) is 7.06. The quantitative estimate of drug-likeness (QED) is 0.747. The highest BCUT2D eigenvalue weighted by Gasteiger charge is 2.20. The van der Waals surface area contributed by atoms with Crippen LogP contribution in [0.2, 0.25) is 0 Å². The number of aryl methyl sites for hydroxylation is 1. The number of ether oxygens (including phenoxy) is 1. The molecule has 1 aliphatic rings. The van der Waals surface area contributed by atoms with Crippen molar-refractivity contribution < 1.29 is 9.53 Å². The van der Waals surface area contributed by atoms with E-state index in [1.165, 1.54) is 0 Å². The van der Waals surface area contributed by atoms with E-state index in [1.54, 1.807) is 6.20 Å². The topological polar surface area (TPSA) is 67.0 Å². The van der Waals surface area contributed by atoms with Gasteiger partial charge in [0.1, 0.15) is 5.82 Å². The van der Waals surface area contributed by atoms with Crippen LogP contribution in [0.4, 0.5) is 0 Å². The third-order valence-electron chi connectivity index (χ3n) is 3.04. The summed E-state index contributed by atoms with van der Waals surface area (Å²) in [5.41, 5.74) is 0. The molecule has 1 aliphatic heterocycles. The van der Waals surface area contributed by atoms with Crippen LogP contribution in [-0.2, 0) is 16.0 Å². The molecular formula is C12H19N3O2. The van der Waals surface area contributed by atoms with Gasteiger partial charge in [0.25, 0.3) is 0 Å². The Morgan fingerprint density at radius 3 is 3.06 bits per heavy atom. The Balaban J connectivity index is 1.59. The molecule has 1 saturated heterocycles. The van der Waals surface area contributed by atoms with Gasteiger partial charge in [-0.2, -0.15) is 0 Å². The largest absolute Gasteiger partial charge is 0.381 e. The Kier molecular flexibility index (Phi) is 4.55. The zero-order chi connectivity index (χ0) is 11.9. The second kappa shape index (κ2) is 6.39. The average Bonchev–Trinajstić information content (AvgIpc) is 2.88. The number of rotatable bonds is 5. The summed E-state index contributed by atoms with van der Waals surface area (Å²) in [4.78, 5) is 19.0. The molecule has 0 aliphatic carbocycles. The molecule has 0 radical (unpaired) electrons. The van der Waals surface area contributed by atoms with E-state index in [0.717, 1.165) is 38.1 Å². The third kappa shape index (κ3) is 3.85. The van der Waals surface area contributed by atoms with E-state index in [2.05, 4.69) is 15.3 Å². The first-order valence-corrected chi connectivity index (χ1v) is 6.20. The summed E-state index contributed by atoms with van der Waals surface area (Å²) < 4.78 is 5.23. The number of carbonyl (C=O) groups excluding carboxylic acids is 1. The first-order chi connectivity index (χ1) is 8.36. The van der Waals surface area contributed by atoms with Gasteiger partial charge in [0, 0.05) is 44.5 Å². The van der Waals surface area contributed by atoms with Crippen molar-refractivity contribution >= 4 is 5.91 Å². The minimum absolute atomic E-state index is 0.146. The summed E-state index contributed by atoms with van der Waals surface area (Å²) in [5.74, 6) is 1.30. The monoisotopic (exact) mass is 237 g/mol. The van der Waals surface area contributed by atoms with Gasteiger partial charge in [-0.3, -0.25) is 4.79 Å². The average molecular weight is 237 g/mol. The van der Waals surface area contributed by atoms with Crippen molar-refractivity contribution in [3.8, 4) is 0 Å². The van der Waals surface area contributed by atoms with Gasteiger partial charge in [0.15, 0.2) is 0 Å². The molecule has 1 aromatic heterocycles. The van der Waals surface area contributed by atoms with Crippen molar-refractivity contribution in [2.24, 2.45) is 5.92 Å². The molecule has 5 heteroatoms. The molecule has 1 amide bonds. The molecule has 2 rings (SSSR count). The Bertz CT molecular complexity index is 332. The van der Waals surface area contributed by atoms with Crippen LogP contribution >= 0.6 is 0 Å². The lowest BCUT2D eigenvalue weighted by Crippen LogP contribution is -2.34. The molecule has 1 fully saturated rings. The van der Waals surface area contributed by atoms with Crippen LogP contribution in [0, 0.1) is 5.92 Å². The number of amides is 1. The maximum Gasteiger partial charge on any atom is 0.223 e. The predicted octanol–water partition coefficient (Wildman–Crippen LogP) is 0.885. The van der Waals surface area contributed by atoms with E-state index < -0.39 is 0 Å². The zero-order valence-corrected chi connectivity index (χ0v) is 9.95. The Labute approximate surface area is 101 Å². The lowest BCUT2D eigenvalue weighted by Gasteiger charge is -2.21. The minimum atomic E-state index is 0.146. The third-order valence-corrected chi connectivity index (χ3v) is 3.04. The molecule has 1 aromatic rings. The normalized spacial score (nSPS) is 16.9. The van der Waals surface area contributed by atoms with Crippen LogP contribution in [0.15, 0.2) is 12.4 Å². The highest BCUT2D eigenvalue weighted by Crippen LogP contribution is 2.14. The van der Waals surface area contributed by atoms with Crippen molar-refractivity contribution in [1.82, 2.24) is 15.3 Å². The van der Waals surface area contributed by atoms with Crippen LogP contribution in [-0.4, -0.2) is 35.6 Å². The number of nitrogens with one attached hydrogen (secondary N) is 2. The highest BCUT2D eigenvalue weighted by molar-refractivity contribution is 5.78. The summed E-state index contributed by atoms with van der Waals surface area (Å²) in [7, 11) is 0. The van der Waals surface area contributed by atoms with Crippen molar-refractivity contribution in [3.05, 3.63) is 18.2 Å². The van der Waals surface area contributed by atoms with Crippen LogP contribution < -0.4 is 5.32 Å². The summed E-state index contributed by atoms with van der Waals surface area (Å²) in [6.45, 7) is 2.14. The standard InChI is InChI=1S/C12H19N3O2/c16-12(10-3-8-17-9-4-10)15-5-1-2-11-13-6-7-14-11/h6-7,10H,1-5,8-9H2,(H,13,14)(H,15,16). The predicted molar refractivity (Wildman–Crippen MR) is 63.5 cm³/mol. The first-order valence-electron chi connectivity index (χ1n) is 6.20. The number of nitrogens with zero attached hydrogens (tertiary/aromatic N) is 1. The van der Waals surface area contributed by atoms with E-state index in [0.29, 0.717) is 13.2 Å². The van der Waals surface area contributed by atoms with Crippen molar-refractivity contribution in [2.45, 2.75) is 25.7 Å². The van der Waals surface area contributed by atoms with Gasteiger partial charge in [-0.15, -0.1) is 0 Å². The van der Waals surface area contributed by atoms with Crippen molar-refractivity contribution in [3.63, 3.8) is 0 Å². The highest BCUT2D eigenvalue weighted by atomic mass is 16.5. The molecule has 0 bridgehead atoms. The van der Waals surface area contributed by atoms with E-state index in [-0.39, 0.29) is 11.8 Å². The molecule has 0 spiro atoms. The molecule has 94 valence electrons. The smallest absolute Gasteiger partial charge is 0.223 e. The second-order valence-electron chi connectivity index (χ2n) is 4.32. The molecule has 2 N–H and O–H groups in total. The summed E-state index contributed by atoms with van der Waals surface area (Å²) in [6, 6.07) is 0. The maximum atomic E-state index is 11.8. The number of carbonyl (C=O) groups is 1. The molecule has 0 atom stereocenters. The van der Waals surface area contributed by atoms with E-state index >= 15 is 0 Å². The fraction of sp³-hybridized carbons (Fsp3) is 0.667. The lowest BCUT2D eigenvalue weighted by molar-refractivity contribution is -0.127. The van der Waals surface area contributed by atoms with Gasteiger partial charge >= 0.3 is 0 Å². The van der Waals surface area contributed by atoms with Crippen molar-refractivity contribution in [2.75, 3.05) is 19.8 Å². The number of hydrogen-bond donors (Lipinski definition) is 2. The van der Waals surface area contributed by atoms with Crippen LogP contribution in [0.5, 0.6) is 0 Å². The van der Waals surface area contributed by atoms with E-state index in [9.17, 15) is 4.79 Å².